The molecule has 6 nitrogen and oxygen atoms in total. The quantitative estimate of drug-likeness (QED) is 0.0760. The van der Waals surface area contributed by atoms with Gasteiger partial charge in [0.25, 0.3) is 0 Å². The van der Waals surface area contributed by atoms with Crippen LogP contribution in [0.15, 0.2) is 92.9 Å². The summed E-state index contributed by atoms with van der Waals surface area (Å²) in [5.41, 5.74) is 2.57. The first-order chi connectivity index (χ1) is 21.3. The summed E-state index contributed by atoms with van der Waals surface area (Å²) in [6.07, 6.45) is 7.03. The third kappa shape index (κ3) is 11.5. The number of rotatable bonds is 18. The summed E-state index contributed by atoms with van der Waals surface area (Å²) >= 11 is 2.75. The third-order valence-corrected chi connectivity index (χ3v) is 10.2. The van der Waals surface area contributed by atoms with Gasteiger partial charge in [0.1, 0.15) is 22.0 Å². The standard InChI is InChI=1S/C35H42O6S3.Na/c1-3-5-7-8-11-20-40-24-30-22-27(25-42-30)35(36)32-13-10-9-12-31(32)26-14-19-33(34(23-26)44(37,38)39)43-29-17-15-28(16-18-29)41-21-6-4-2;/h9-10,12-19,22-23,25,35-36H,3-8,11,20-21,24H2,1-2H3,(H,37,38,39);/q;+1/p-1. The van der Waals surface area contributed by atoms with Crippen molar-refractivity contribution in [2.24, 2.45) is 0 Å². The van der Waals surface area contributed by atoms with E-state index in [1.165, 1.54) is 43.5 Å². The maximum absolute atomic E-state index is 12.4. The number of unbranched alkanes of at least 4 members (excludes halogenated alkanes) is 5. The first-order valence-corrected chi connectivity index (χ1v) is 18.3. The van der Waals surface area contributed by atoms with Gasteiger partial charge in [-0.1, -0.05) is 88.0 Å². The van der Waals surface area contributed by atoms with Crippen molar-refractivity contribution in [1.29, 1.82) is 0 Å². The van der Waals surface area contributed by atoms with Gasteiger partial charge in [0.05, 0.1) is 18.1 Å². The van der Waals surface area contributed by atoms with Crippen LogP contribution in [0.1, 0.15) is 80.9 Å². The Morgan fingerprint density at radius 2 is 1.62 bits per heavy atom. The van der Waals surface area contributed by atoms with Crippen LogP contribution in [0.3, 0.4) is 0 Å². The predicted octanol–water partition coefficient (Wildman–Crippen LogP) is 6.22. The van der Waals surface area contributed by atoms with Crippen molar-refractivity contribution in [3.05, 3.63) is 94.2 Å². The fraction of sp³-hybridized carbons (Fsp3) is 0.371. The van der Waals surface area contributed by atoms with E-state index < -0.39 is 16.2 Å². The van der Waals surface area contributed by atoms with Gasteiger partial charge >= 0.3 is 29.6 Å². The number of hydrogen-bond donors (Lipinski definition) is 1. The van der Waals surface area contributed by atoms with Crippen molar-refractivity contribution in [2.75, 3.05) is 13.2 Å². The normalized spacial score (nSPS) is 12.1. The average Bonchev–Trinajstić information content (AvgIpc) is 3.50. The second kappa shape index (κ2) is 19.2. The average molecular weight is 677 g/mol. The van der Waals surface area contributed by atoms with Crippen LogP contribution in [0.25, 0.3) is 11.1 Å². The number of thiophene rings is 1. The number of hydrogen-bond acceptors (Lipinski definition) is 8. The van der Waals surface area contributed by atoms with E-state index in [0.29, 0.717) is 34.8 Å². The van der Waals surface area contributed by atoms with E-state index in [4.69, 9.17) is 9.47 Å². The van der Waals surface area contributed by atoms with Gasteiger partial charge in [-0.3, -0.25) is 0 Å². The summed E-state index contributed by atoms with van der Waals surface area (Å²) < 4.78 is 48.8. The number of aliphatic hydroxyl groups is 1. The largest absolute Gasteiger partial charge is 1.00 e. The van der Waals surface area contributed by atoms with Crippen LogP contribution in [-0.4, -0.2) is 31.3 Å². The molecule has 0 saturated heterocycles. The Kier molecular flexibility index (Phi) is 16.2. The summed E-state index contributed by atoms with van der Waals surface area (Å²) in [6, 6.07) is 21.5. The molecule has 0 spiro atoms. The maximum Gasteiger partial charge on any atom is 1.00 e. The molecule has 45 heavy (non-hydrogen) atoms. The molecule has 0 amide bonds. The van der Waals surface area contributed by atoms with Crippen LogP contribution in [0.5, 0.6) is 5.75 Å². The van der Waals surface area contributed by atoms with Crippen molar-refractivity contribution in [3.8, 4) is 16.9 Å². The molecule has 1 N–H and O–H groups in total. The van der Waals surface area contributed by atoms with Crippen LogP contribution in [0.4, 0.5) is 0 Å². The van der Waals surface area contributed by atoms with Gasteiger partial charge in [-0.05, 0) is 82.9 Å². The Labute approximate surface area is 298 Å². The minimum atomic E-state index is -4.78. The molecule has 0 aliphatic heterocycles. The molecule has 10 heteroatoms. The minimum Gasteiger partial charge on any atom is -0.744 e. The van der Waals surface area contributed by atoms with Crippen LogP contribution in [0.2, 0.25) is 0 Å². The summed E-state index contributed by atoms with van der Waals surface area (Å²) in [6.45, 7) is 6.17. The first-order valence-electron chi connectivity index (χ1n) is 15.2. The van der Waals surface area contributed by atoms with Gasteiger partial charge in [-0.15, -0.1) is 11.3 Å². The van der Waals surface area contributed by atoms with E-state index in [9.17, 15) is 18.1 Å². The van der Waals surface area contributed by atoms with E-state index >= 15 is 0 Å². The predicted molar refractivity (Wildman–Crippen MR) is 178 cm³/mol. The molecule has 1 atom stereocenters. The van der Waals surface area contributed by atoms with E-state index in [0.717, 1.165) is 47.0 Å². The molecule has 0 saturated carbocycles. The molecule has 0 aliphatic carbocycles. The molecular weight excluding hydrogens is 636 g/mol. The van der Waals surface area contributed by atoms with E-state index in [2.05, 4.69) is 13.8 Å². The first kappa shape index (κ1) is 37.8. The Morgan fingerprint density at radius 3 is 2.36 bits per heavy atom. The zero-order valence-corrected chi connectivity index (χ0v) is 30.8. The van der Waals surface area contributed by atoms with E-state index in [1.54, 1.807) is 23.5 Å². The Hall–Kier alpha value is -1.66. The van der Waals surface area contributed by atoms with Gasteiger partial charge in [-0.25, -0.2) is 8.42 Å². The second-order valence-electron chi connectivity index (χ2n) is 10.7. The van der Waals surface area contributed by atoms with Crippen LogP contribution >= 0.6 is 23.1 Å². The molecule has 0 radical (unpaired) electrons. The smallest absolute Gasteiger partial charge is 0.744 e. The van der Waals surface area contributed by atoms with Gasteiger partial charge in [0, 0.05) is 21.3 Å². The van der Waals surface area contributed by atoms with Crippen LogP contribution in [-0.2, 0) is 21.5 Å². The molecule has 1 unspecified atom stereocenters. The maximum atomic E-state index is 12.4. The Balaban J connectivity index is 0.00000552. The summed E-state index contributed by atoms with van der Waals surface area (Å²) in [4.78, 5) is 1.87. The zero-order chi connectivity index (χ0) is 31.4. The van der Waals surface area contributed by atoms with Gasteiger partial charge in [0.2, 0.25) is 0 Å². The van der Waals surface area contributed by atoms with E-state index in [-0.39, 0.29) is 34.5 Å². The molecule has 0 bridgehead atoms. The topological polar surface area (TPSA) is 95.9 Å². The molecule has 236 valence electrons. The second-order valence-corrected chi connectivity index (χ2v) is 14.2. The Bertz CT molecular complexity index is 1570. The summed E-state index contributed by atoms with van der Waals surface area (Å²) in [5.74, 6) is 0.744. The number of benzene rings is 3. The molecule has 4 rings (SSSR count). The van der Waals surface area contributed by atoms with E-state index in [1.807, 2.05) is 60.0 Å². The monoisotopic (exact) mass is 676 g/mol. The van der Waals surface area contributed by atoms with Gasteiger partial charge in [0.15, 0.2) is 0 Å². The van der Waals surface area contributed by atoms with Crippen molar-refractivity contribution < 1.29 is 57.1 Å². The van der Waals surface area contributed by atoms with Crippen LogP contribution in [0, 0.1) is 0 Å². The van der Waals surface area contributed by atoms with Crippen molar-refractivity contribution >= 4 is 33.2 Å². The Morgan fingerprint density at radius 1 is 0.889 bits per heavy atom. The number of aliphatic hydroxyl groups excluding tert-OH is 1. The van der Waals surface area contributed by atoms with Crippen LogP contribution < -0.4 is 34.3 Å². The molecule has 1 aromatic heterocycles. The van der Waals surface area contributed by atoms with Crippen molar-refractivity contribution in [3.63, 3.8) is 0 Å². The fourth-order valence-corrected chi connectivity index (χ4v) is 7.47. The van der Waals surface area contributed by atoms with Gasteiger partial charge < -0.3 is 19.1 Å². The molecular formula is C35H41NaO6S3. The molecule has 3 aromatic carbocycles. The van der Waals surface area contributed by atoms with Crippen molar-refractivity contribution in [2.45, 2.75) is 86.2 Å². The third-order valence-electron chi connectivity index (χ3n) is 7.22. The van der Waals surface area contributed by atoms with Crippen molar-refractivity contribution in [1.82, 2.24) is 0 Å². The minimum absolute atomic E-state index is 0. The SMILES string of the molecule is CCCCCCCOCc1cc(C(O)c2ccccc2-c2ccc(Sc3ccc(OCCCC)cc3)c(S(=O)(=O)[O-])c2)cs1.[Na+]. The molecule has 0 aliphatic rings. The van der Waals surface area contributed by atoms with Gasteiger partial charge in [-0.2, -0.15) is 0 Å². The molecule has 4 aromatic rings. The zero-order valence-electron chi connectivity index (χ0n) is 26.4. The fourth-order valence-electron chi connectivity index (χ4n) is 4.80. The molecule has 0 fully saturated rings. The molecule has 1 heterocycles. The summed E-state index contributed by atoms with van der Waals surface area (Å²) in [5, 5.41) is 13.3. The number of ether oxygens (including phenoxy) is 2. The summed E-state index contributed by atoms with van der Waals surface area (Å²) in [7, 11) is -4.78.